The lowest BCUT2D eigenvalue weighted by Gasteiger charge is -2.18. The summed E-state index contributed by atoms with van der Waals surface area (Å²) in [6.07, 6.45) is 4.72. The third kappa shape index (κ3) is 5.86. The molecule has 0 bridgehead atoms. The number of benzene rings is 2. The number of aromatic nitrogens is 1. The van der Waals surface area contributed by atoms with Crippen molar-refractivity contribution in [3.05, 3.63) is 103 Å². The second kappa shape index (κ2) is 11.3. The summed E-state index contributed by atoms with van der Waals surface area (Å²) >= 11 is 0. The van der Waals surface area contributed by atoms with E-state index in [1.54, 1.807) is 79.9 Å². The predicted octanol–water partition coefficient (Wildman–Crippen LogP) is 4.74. The lowest BCUT2D eigenvalue weighted by Crippen LogP contribution is -2.27. The minimum absolute atomic E-state index is 0.271. The van der Waals surface area contributed by atoms with Gasteiger partial charge in [0.15, 0.2) is 0 Å². The molecule has 0 saturated heterocycles. The molecule has 0 spiro atoms. The van der Waals surface area contributed by atoms with Crippen LogP contribution in [0.25, 0.3) is 0 Å². The Kier molecular flexibility index (Phi) is 7.96. The van der Waals surface area contributed by atoms with Gasteiger partial charge in [-0.2, -0.15) is 0 Å². The first-order chi connectivity index (χ1) is 16.0. The van der Waals surface area contributed by atoms with Crippen molar-refractivity contribution < 1.29 is 19.1 Å². The predicted molar refractivity (Wildman–Crippen MR) is 129 cm³/mol. The normalized spacial score (nSPS) is 10.1. The van der Waals surface area contributed by atoms with Gasteiger partial charge in [-0.15, -0.1) is 0 Å². The number of carbonyl (C=O) groups excluding carboxylic acids is 2. The van der Waals surface area contributed by atoms with Crippen LogP contribution < -0.4 is 19.7 Å². The van der Waals surface area contributed by atoms with Crippen molar-refractivity contribution in [1.82, 2.24) is 4.98 Å². The van der Waals surface area contributed by atoms with Crippen LogP contribution in [0.5, 0.6) is 11.5 Å². The van der Waals surface area contributed by atoms with Gasteiger partial charge in [0, 0.05) is 7.05 Å². The van der Waals surface area contributed by atoms with Crippen molar-refractivity contribution in [3.63, 3.8) is 0 Å². The van der Waals surface area contributed by atoms with E-state index in [2.05, 4.69) is 23.5 Å². The molecule has 0 aliphatic rings. The number of para-hydroxylation sites is 2. The van der Waals surface area contributed by atoms with E-state index in [-0.39, 0.29) is 11.8 Å². The van der Waals surface area contributed by atoms with Gasteiger partial charge in [-0.25, -0.2) is 4.98 Å². The molecule has 3 aromatic rings. The van der Waals surface area contributed by atoms with Crippen LogP contribution in [0.3, 0.4) is 0 Å². The highest BCUT2D eigenvalue weighted by Gasteiger charge is 2.19. The lowest BCUT2D eigenvalue weighted by molar-refractivity contribution is 0.0986. The van der Waals surface area contributed by atoms with E-state index < -0.39 is 0 Å². The standard InChI is InChI=1S/C26H25N3O4/c1-4-16-32-22-12-8-6-10-20(22)25(30)28-19-14-15-24(27-18-19)29(3)26(31)21-11-7-9-13-23(21)33-17-5-2/h4-15,18H,1-2,16-17H2,3H3,(H,28,30). The summed E-state index contributed by atoms with van der Waals surface area (Å²) in [5.41, 5.74) is 1.29. The van der Waals surface area contributed by atoms with Crippen LogP contribution in [0.4, 0.5) is 11.5 Å². The van der Waals surface area contributed by atoms with Gasteiger partial charge in [-0.05, 0) is 36.4 Å². The zero-order valence-electron chi connectivity index (χ0n) is 18.4. The molecular formula is C26H25N3O4. The summed E-state index contributed by atoms with van der Waals surface area (Å²) < 4.78 is 11.1. The second-order valence-electron chi connectivity index (χ2n) is 6.92. The van der Waals surface area contributed by atoms with Crippen molar-refractivity contribution in [2.45, 2.75) is 0 Å². The van der Waals surface area contributed by atoms with Crippen molar-refractivity contribution in [2.75, 3.05) is 30.5 Å². The molecule has 0 radical (unpaired) electrons. The zero-order chi connectivity index (χ0) is 23.6. The largest absolute Gasteiger partial charge is 0.489 e. The number of hydrogen-bond acceptors (Lipinski definition) is 5. The summed E-state index contributed by atoms with van der Waals surface area (Å²) in [5, 5.41) is 2.79. The van der Waals surface area contributed by atoms with Gasteiger partial charge >= 0.3 is 0 Å². The molecular weight excluding hydrogens is 418 g/mol. The van der Waals surface area contributed by atoms with Crippen molar-refractivity contribution >= 4 is 23.3 Å². The number of carbonyl (C=O) groups is 2. The van der Waals surface area contributed by atoms with E-state index in [0.29, 0.717) is 47.3 Å². The Hall–Kier alpha value is -4.39. The monoisotopic (exact) mass is 443 g/mol. The van der Waals surface area contributed by atoms with Gasteiger partial charge in [-0.3, -0.25) is 14.5 Å². The molecule has 2 amide bonds. The van der Waals surface area contributed by atoms with Crippen LogP contribution in [0.1, 0.15) is 20.7 Å². The van der Waals surface area contributed by atoms with Crippen LogP contribution in [-0.4, -0.2) is 37.1 Å². The van der Waals surface area contributed by atoms with Crippen LogP contribution in [-0.2, 0) is 0 Å². The molecule has 1 aromatic heterocycles. The number of anilines is 2. The Morgan fingerprint density at radius 2 is 1.48 bits per heavy atom. The Morgan fingerprint density at radius 1 is 0.909 bits per heavy atom. The fraction of sp³-hybridized carbons (Fsp3) is 0.115. The van der Waals surface area contributed by atoms with E-state index in [9.17, 15) is 9.59 Å². The van der Waals surface area contributed by atoms with Gasteiger partial charge < -0.3 is 14.8 Å². The molecule has 3 rings (SSSR count). The molecule has 1 N–H and O–H groups in total. The van der Waals surface area contributed by atoms with Crippen LogP contribution >= 0.6 is 0 Å². The zero-order valence-corrected chi connectivity index (χ0v) is 18.4. The van der Waals surface area contributed by atoms with Crippen molar-refractivity contribution in [3.8, 4) is 11.5 Å². The van der Waals surface area contributed by atoms with Crippen molar-refractivity contribution in [2.24, 2.45) is 0 Å². The average Bonchev–Trinajstić information content (AvgIpc) is 2.86. The molecule has 0 saturated carbocycles. The molecule has 0 aliphatic carbocycles. The summed E-state index contributed by atoms with van der Waals surface area (Å²) in [6.45, 7) is 7.83. The molecule has 168 valence electrons. The summed E-state index contributed by atoms with van der Waals surface area (Å²) in [7, 11) is 1.63. The van der Waals surface area contributed by atoms with Crippen LogP contribution in [0.15, 0.2) is 92.2 Å². The maximum Gasteiger partial charge on any atom is 0.262 e. The minimum atomic E-state index is -0.332. The quantitative estimate of drug-likeness (QED) is 0.458. The lowest BCUT2D eigenvalue weighted by atomic mass is 10.1. The maximum atomic E-state index is 13.0. The van der Waals surface area contributed by atoms with Gasteiger partial charge in [-0.1, -0.05) is 49.6 Å². The number of hydrogen-bond donors (Lipinski definition) is 1. The fourth-order valence-electron chi connectivity index (χ4n) is 2.99. The Labute approximate surface area is 193 Å². The molecule has 33 heavy (non-hydrogen) atoms. The maximum absolute atomic E-state index is 13.0. The van der Waals surface area contributed by atoms with Crippen molar-refractivity contribution in [1.29, 1.82) is 0 Å². The number of rotatable bonds is 10. The number of ether oxygens (including phenoxy) is 2. The molecule has 0 aliphatic heterocycles. The van der Waals surface area contributed by atoms with E-state index in [1.165, 1.54) is 11.1 Å². The Bertz CT molecular complexity index is 1140. The SMILES string of the molecule is C=CCOc1ccccc1C(=O)Nc1ccc(N(C)C(=O)c2ccccc2OCC=C)nc1. The summed E-state index contributed by atoms with van der Waals surface area (Å²) in [6, 6.07) is 17.3. The van der Waals surface area contributed by atoms with Gasteiger partial charge in [0.25, 0.3) is 11.8 Å². The van der Waals surface area contributed by atoms with E-state index >= 15 is 0 Å². The highest BCUT2D eigenvalue weighted by molar-refractivity contribution is 6.08. The molecule has 0 fully saturated rings. The first-order valence-electron chi connectivity index (χ1n) is 10.3. The summed E-state index contributed by atoms with van der Waals surface area (Å²) in [4.78, 5) is 31.4. The van der Waals surface area contributed by atoms with Crippen LogP contribution in [0, 0.1) is 0 Å². The van der Waals surface area contributed by atoms with Crippen LogP contribution in [0.2, 0.25) is 0 Å². The number of nitrogens with one attached hydrogen (secondary N) is 1. The number of nitrogens with zero attached hydrogens (tertiary/aromatic N) is 2. The van der Waals surface area contributed by atoms with E-state index in [0.717, 1.165) is 0 Å². The Morgan fingerprint density at radius 3 is 2.06 bits per heavy atom. The molecule has 7 heteroatoms. The summed E-state index contributed by atoms with van der Waals surface area (Å²) in [5.74, 6) is 0.748. The third-order valence-electron chi connectivity index (χ3n) is 4.62. The minimum Gasteiger partial charge on any atom is -0.489 e. The number of amides is 2. The highest BCUT2D eigenvalue weighted by Crippen LogP contribution is 2.23. The van der Waals surface area contributed by atoms with E-state index in [4.69, 9.17) is 9.47 Å². The topological polar surface area (TPSA) is 80.8 Å². The Balaban J connectivity index is 1.72. The average molecular weight is 444 g/mol. The van der Waals surface area contributed by atoms with Gasteiger partial charge in [0.2, 0.25) is 0 Å². The van der Waals surface area contributed by atoms with Gasteiger partial charge in [0.1, 0.15) is 30.5 Å². The second-order valence-corrected chi connectivity index (χ2v) is 6.92. The van der Waals surface area contributed by atoms with E-state index in [1.807, 2.05) is 0 Å². The molecule has 0 unspecified atom stereocenters. The first-order valence-corrected chi connectivity index (χ1v) is 10.3. The highest BCUT2D eigenvalue weighted by atomic mass is 16.5. The van der Waals surface area contributed by atoms with Gasteiger partial charge in [0.05, 0.1) is 23.0 Å². The first kappa shape index (κ1) is 23.3. The third-order valence-corrected chi connectivity index (χ3v) is 4.62. The smallest absolute Gasteiger partial charge is 0.262 e. The fourth-order valence-corrected chi connectivity index (χ4v) is 2.99. The molecule has 7 nitrogen and oxygen atoms in total. The molecule has 1 heterocycles. The molecule has 2 aromatic carbocycles. The molecule has 0 atom stereocenters. The number of pyridine rings is 1.